The van der Waals surface area contributed by atoms with Gasteiger partial charge in [-0.05, 0) is 37.1 Å². The van der Waals surface area contributed by atoms with Crippen LogP contribution in [-0.2, 0) is 0 Å². The van der Waals surface area contributed by atoms with E-state index in [2.05, 4.69) is 4.98 Å². The zero-order chi connectivity index (χ0) is 11.9. The van der Waals surface area contributed by atoms with Gasteiger partial charge in [0.1, 0.15) is 11.4 Å². The molecule has 4 heteroatoms. The van der Waals surface area contributed by atoms with Gasteiger partial charge in [0.15, 0.2) is 12.1 Å². The predicted molar refractivity (Wildman–Crippen MR) is 56.9 cm³/mol. The van der Waals surface area contributed by atoms with Gasteiger partial charge >= 0.3 is 0 Å². The fourth-order valence-electron chi connectivity index (χ4n) is 1.73. The molecule has 0 saturated carbocycles. The number of hydrogen-bond donors (Lipinski definition) is 0. The van der Waals surface area contributed by atoms with Crippen molar-refractivity contribution in [1.82, 2.24) is 4.98 Å². The maximum atomic E-state index is 11.6. The molecule has 1 aromatic heterocycles. The molecule has 1 aromatic rings. The number of carbonyl (C=O) groups excluding carboxylic acids is 3. The average Bonchev–Trinajstić information content (AvgIpc) is 2.27. The predicted octanol–water partition coefficient (Wildman–Crippen LogP) is 1.45. The fourth-order valence-corrected chi connectivity index (χ4v) is 1.73. The number of rotatable bonds is 1. The van der Waals surface area contributed by atoms with Crippen molar-refractivity contribution < 1.29 is 14.4 Å². The summed E-state index contributed by atoms with van der Waals surface area (Å²) < 4.78 is 0. The van der Waals surface area contributed by atoms with E-state index in [1.54, 1.807) is 13.8 Å². The Balaban J connectivity index is 2.84. The molecule has 1 heterocycles. The van der Waals surface area contributed by atoms with Crippen LogP contribution < -0.4 is 0 Å². The highest BCUT2D eigenvalue weighted by atomic mass is 16.1. The molecule has 0 aromatic carbocycles. The maximum absolute atomic E-state index is 11.6. The Morgan fingerprint density at radius 3 is 2.31 bits per heavy atom. The number of carbonyl (C=O) groups is 3. The number of ketones is 2. The lowest BCUT2D eigenvalue weighted by atomic mass is 9.92. The molecule has 4 nitrogen and oxygen atoms in total. The van der Waals surface area contributed by atoms with E-state index in [-0.39, 0.29) is 23.0 Å². The highest BCUT2D eigenvalue weighted by Crippen LogP contribution is 2.22. The molecule has 0 atom stereocenters. The van der Waals surface area contributed by atoms with Crippen LogP contribution >= 0.6 is 0 Å². The molecule has 80 valence electrons. The van der Waals surface area contributed by atoms with Crippen LogP contribution in [0.15, 0.2) is 12.2 Å². The third-order valence-electron chi connectivity index (χ3n) is 2.77. The standard InChI is InChI=1S/C12H9NO3/c1-6-7(2)11-9(15)3-4-10(16)12(11)13-8(6)5-14/h3-5H,1-2H3. The average molecular weight is 215 g/mol. The van der Waals surface area contributed by atoms with E-state index < -0.39 is 0 Å². The van der Waals surface area contributed by atoms with Crippen LogP contribution in [0.4, 0.5) is 0 Å². The molecule has 0 saturated heterocycles. The lowest BCUT2D eigenvalue weighted by molar-refractivity contribution is 0.0989. The van der Waals surface area contributed by atoms with Crippen LogP contribution in [0.2, 0.25) is 0 Å². The number of aldehydes is 1. The Kier molecular flexibility index (Phi) is 2.27. The summed E-state index contributed by atoms with van der Waals surface area (Å²) in [5.74, 6) is -0.569. The number of hydrogen-bond acceptors (Lipinski definition) is 4. The molecule has 0 aliphatic heterocycles. The van der Waals surface area contributed by atoms with Crippen molar-refractivity contribution in [3.8, 4) is 0 Å². The minimum absolute atomic E-state index is 0.0812. The van der Waals surface area contributed by atoms with E-state index in [4.69, 9.17) is 0 Å². The van der Waals surface area contributed by atoms with Crippen molar-refractivity contribution in [3.63, 3.8) is 0 Å². The smallest absolute Gasteiger partial charge is 0.205 e. The van der Waals surface area contributed by atoms with E-state index >= 15 is 0 Å². The quantitative estimate of drug-likeness (QED) is 0.665. The van der Waals surface area contributed by atoms with E-state index in [9.17, 15) is 14.4 Å². The van der Waals surface area contributed by atoms with Gasteiger partial charge in [-0.3, -0.25) is 14.4 Å². The molecule has 0 radical (unpaired) electrons. The summed E-state index contributed by atoms with van der Waals surface area (Å²) in [6.07, 6.45) is 3.01. The summed E-state index contributed by atoms with van der Waals surface area (Å²) in [5.41, 5.74) is 1.90. The van der Waals surface area contributed by atoms with Gasteiger partial charge in [0.05, 0.1) is 5.56 Å². The Bertz CT molecular complexity index is 556. The number of aromatic nitrogens is 1. The third-order valence-corrected chi connectivity index (χ3v) is 2.77. The molecule has 16 heavy (non-hydrogen) atoms. The number of fused-ring (bicyclic) bond motifs is 1. The Hall–Kier alpha value is -2.10. The molecule has 1 aliphatic carbocycles. The molecule has 0 N–H and O–H groups in total. The van der Waals surface area contributed by atoms with E-state index in [0.29, 0.717) is 23.0 Å². The van der Waals surface area contributed by atoms with Crippen molar-refractivity contribution in [3.05, 3.63) is 40.2 Å². The van der Waals surface area contributed by atoms with Crippen LogP contribution in [0.3, 0.4) is 0 Å². The molecule has 0 fully saturated rings. The SMILES string of the molecule is Cc1c(C=O)nc2c(c1C)C(=O)C=CC2=O. The third kappa shape index (κ3) is 1.31. The first-order valence-electron chi connectivity index (χ1n) is 4.79. The van der Waals surface area contributed by atoms with Crippen LogP contribution in [0.1, 0.15) is 42.5 Å². The first-order valence-corrected chi connectivity index (χ1v) is 4.79. The van der Waals surface area contributed by atoms with Crippen molar-refractivity contribution >= 4 is 17.9 Å². The summed E-state index contributed by atoms with van der Waals surface area (Å²) in [6, 6.07) is 0. The Morgan fingerprint density at radius 2 is 1.69 bits per heavy atom. The van der Waals surface area contributed by atoms with Gasteiger partial charge in [-0.2, -0.15) is 0 Å². The highest BCUT2D eigenvalue weighted by Gasteiger charge is 2.25. The molecule has 2 rings (SSSR count). The Morgan fingerprint density at radius 1 is 1.06 bits per heavy atom. The highest BCUT2D eigenvalue weighted by molar-refractivity contribution is 6.22. The van der Waals surface area contributed by atoms with Gasteiger partial charge in [-0.25, -0.2) is 4.98 Å². The van der Waals surface area contributed by atoms with E-state index in [0.717, 1.165) is 0 Å². The number of nitrogens with zero attached hydrogens (tertiary/aromatic N) is 1. The molecular formula is C12H9NO3. The minimum Gasteiger partial charge on any atom is -0.296 e. The first kappa shape index (κ1) is 10.4. The second-order valence-corrected chi connectivity index (χ2v) is 3.65. The minimum atomic E-state index is -0.333. The van der Waals surface area contributed by atoms with E-state index in [1.165, 1.54) is 12.2 Å². The molecule has 0 unspecified atom stereocenters. The Labute approximate surface area is 92.0 Å². The molecule has 0 spiro atoms. The fraction of sp³-hybridized carbons (Fsp3) is 0.167. The van der Waals surface area contributed by atoms with Crippen molar-refractivity contribution in [2.45, 2.75) is 13.8 Å². The second-order valence-electron chi connectivity index (χ2n) is 3.65. The van der Waals surface area contributed by atoms with Crippen molar-refractivity contribution in [1.29, 1.82) is 0 Å². The summed E-state index contributed by atoms with van der Waals surface area (Å²) in [5, 5.41) is 0. The van der Waals surface area contributed by atoms with E-state index in [1.807, 2.05) is 0 Å². The second kappa shape index (κ2) is 3.48. The number of pyridine rings is 1. The lowest BCUT2D eigenvalue weighted by Crippen LogP contribution is -2.18. The first-order chi connectivity index (χ1) is 7.56. The lowest BCUT2D eigenvalue weighted by Gasteiger charge is -2.14. The zero-order valence-electron chi connectivity index (χ0n) is 8.90. The van der Waals surface area contributed by atoms with Crippen LogP contribution in [0.5, 0.6) is 0 Å². The monoisotopic (exact) mass is 215 g/mol. The van der Waals surface area contributed by atoms with Crippen LogP contribution in [-0.4, -0.2) is 22.8 Å². The molecule has 0 bridgehead atoms. The van der Waals surface area contributed by atoms with Gasteiger partial charge in [-0.15, -0.1) is 0 Å². The largest absolute Gasteiger partial charge is 0.296 e. The van der Waals surface area contributed by atoms with Gasteiger partial charge in [0.25, 0.3) is 0 Å². The molecule has 0 amide bonds. The van der Waals surface area contributed by atoms with Crippen molar-refractivity contribution in [2.75, 3.05) is 0 Å². The van der Waals surface area contributed by atoms with Gasteiger partial charge in [0.2, 0.25) is 5.78 Å². The normalized spacial score (nSPS) is 13.9. The summed E-state index contributed by atoms with van der Waals surface area (Å²) in [6.45, 7) is 3.43. The van der Waals surface area contributed by atoms with Gasteiger partial charge in [0, 0.05) is 0 Å². The molecular weight excluding hydrogens is 206 g/mol. The molecule has 1 aliphatic rings. The number of allylic oxidation sites excluding steroid dienone is 2. The summed E-state index contributed by atoms with van der Waals surface area (Å²) >= 11 is 0. The van der Waals surface area contributed by atoms with Crippen LogP contribution in [0.25, 0.3) is 0 Å². The summed E-state index contributed by atoms with van der Waals surface area (Å²) in [4.78, 5) is 37.9. The maximum Gasteiger partial charge on any atom is 0.205 e. The van der Waals surface area contributed by atoms with Gasteiger partial charge < -0.3 is 0 Å². The van der Waals surface area contributed by atoms with Crippen LogP contribution in [0, 0.1) is 13.8 Å². The topological polar surface area (TPSA) is 64.1 Å². The van der Waals surface area contributed by atoms with Gasteiger partial charge in [-0.1, -0.05) is 0 Å². The van der Waals surface area contributed by atoms with Crippen molar-refractivity contribution in [2.24, 2.45) is 0 Å². The summed E-state index contributed by atoms with van der Waals surface area (Å²) in [7, 11) is 0. The zero-order valence-corrected chi connectivity index (χ0v) is 8.90.